The number of carbonyl (C=O) groups is 1. The molecular weight excluding hydrogens is 330 g/mol. The summed E-state index contributed by atoms with van der Waals surface area (Å²) in [6.07, 6.45) is 2.11. The van der Waals surface area contributed by atoms with Crippen molar-refractivity contribution >= 4 is 16.9 Å². The summed E-state index contributed by atoms with van der Waals surface area (Å²) in [5.74, 6) is -2.48. The minimum absolute atomic E-state index is 0.107. The molecule has 0 saturated heterocycles. The molecule has 3 aromatic rings. The molecule has 0 aliphatic carbocycles. The molecule has 0 unspecified atom stereocenters. The van der Waals surface area contributed by atoms with Crippen molar-refractivity contribution < 1.29 is 23.8 Å². The molecule has 0 fully saturated rings. The van der Waals surface area contributed by atoms with Crippen LogP contribution in [0, 0.1) is 11.6 Å². The molecule has 5 nitrogen and oxygen atoms in total. The summed E-state index contributed by atoms with van der Waals surface area (Å²) in [5, 5.41) is 19.4. The molecule has 0 radical (unpaired) electrons. The topological polar surface area (TPSA) is 75.3 Å². The van der Waals surface area contributed by atoms with Crippen LogP contribution in [0.2, 0.25) is 0 Å². The number of aromatic nitrogens is 2. The van der Waals surface area contributed by atoms with Gasteiger partial charge in [-0.25, -0.2) is 18.6 Å². The number of hydrogen-bond acceptors (Lipinski definition) is 3. The lowest BCUT2D eigenvalue weighted by atomic mass is 10.1. The standard InChI is InChI=1S/C18H16F2N2O3/c1-2-15-17-13(6-16(21-15)18(24)25)11(9-23)8-22(17)7-10-3-4-12(19)5-14(10)20/h3-6,8,23H,2,7,9H2,1H3,(H,24,25). The second kappa shape index (κ2) is 6.60. The Hall–Kier alpha value is -2.80. The highest BCUT2D eigenvalue weighted by molar-refractivity contribution is 5.94. The third-order valence-electron chi connectivity index (χ3n) is 4.09. The second-order valence-corrected chi connectivity index (χ2v) is 5.69. The third-order valence-corrected chi connectivity index (χ3v) is 4.09. The maximum atomic E-state index is 14.0. The number of rotatable bonds is 5. The van der Waals surface area contributed by atoms with Gasteiger partial charge < -0.3 is 14.8 Å². The lowest BCUT2D eigenvalue weighted by Gasteiger charge is -2.10. The van der Waals surface area contributed by atoms with Crippen LogP contribution >= 0.6 is 0 Å². The Bertz CT molecular complexity index is 967. The van der Waals surface area contributed by atoms with Crippen molar-refractivity contribution in [2.24, 2.45) is 0 Å². The van der Waals surface area contributed by atoms with Crippen molar-refractivity contribution in [1.29, 1.82) is 0 Å². The fourth-order valence-electron chi connectivity index (χ4n) is 2.92. The zero-order valence-electron chi connectivity index (χ0n) is 13.5. The largest absolute Gasteiger partial charge is 0.477 e. The lowest BCUT2D eigenvalue weighted by Crippen LogP contribution is -2.07. The number of benzene rings is 1. The van der Waals surface area contributed by atoms with Gasteiger partial charge in [0, 0.05) is 28.8 Å². The molecule has 7 heteroatoms. The van der Waals surface area contributed by atoms with E-state index in [4.69, 9.17) is 0 Å². The average Bonchev–Trinajstić information content (AvgIpc) is 2.94. The molecule has 0 atom stereocenters. The van der Waals surface area contributed by atoms with Gasteiger partial charge >= 0.3 is 5.97 Å². The van der Waals surface area contributed by atoms with Crippen LogP contribution in [0.5, 0.6) is 0 Å². The van der Waals surface area contributed by atoms with Crippen molar-refractivity contribution in [3.8, 4) is 0 Å². The molecule has 0 spiro atoms. The number of fused-ring (bicyclic) bond motifs is 1. The predicted molar refractivity (Wildman–Crippen MR) is 87.5 cm³/mol. The molecular formula is C18H16F2N2O3. The van der Waals surface area contributed by atoms with E-state index in [1.807, 2.05) is 6.92 Å². The van der Waals surface area contributed by atoms with Gasteiger partial charge in [0.1, 0.15) is 17.3 Å². The van der Waals surface area contributed by atoms with Crippen LogP contribution < -0.4 is 0 Å². The van der Waals surface area contributed by atoms with Gasteiger partial charge in [-0.2, -0.15) is 0 Å². The summed E-state index contributed by atoms with van der Waals surface area (Å²) >= 11 is 0. The maximum absolute atomic E-state index is 14.0. The van der Waals surface area contributed by atoms with E-state index >= 15 is 0 Å². The van der Waals surface area contributed by atoms with E-state index in [0.29, 0.717) is 28.6 Å². The van der Waals surface area contributed by atoms with Gasteiger partial charge in [-0.3, -0.25) is 0 Å². The molecule has 0 saturated carbocycles. The Morgan fingerprint density at radius 3 is 2.60 bits per heavy atom. The number of aliphatic hydroxyl groups excluding tert-OH is 1. The number of aliphatic hydroxyl groups is 1. The van der Waals surface area contributed by atoms with E-state index in [1.54, 1.807) is 10.8 Å². The molecule has 0 bridgehead atoms. The quantitative estimate of drug-likeness (QED) is 0.744. The van der Waals surface area contributed by atoms with Gasteiger partial charge in [-0.15, -0.1) is 0 Å². The number of aryl methyl sites for hydroxylation is 1. The second-order valence-electron chi connectivity index (χ2n) is 5.69. The summed E-state index contributed by atoms with van der Waals surface area (Å²) < 4.78 is 28.8. The van der Waals surface area contributed by atoms with Gasteiger partial charge in [0.05, 0.1) is 24.4 Å². The van der Waals surface area contributed by atoms with E-state index in [2.05, 4.69) is 4.98 Å². The number of hydrogen-bond donors (Lipinski definition) is 2. The molecule has 2 N–H and O–H groups in total. The van der Waals surface area contributed by atoms with E-state index in [1.165, 1.54) is 18.2 Å². The van der Waals surface area contributed by atoms with E-state index in [0.717, 1.165) is 6.07 Å². The Labute approximate surface area is 142 Å². The minimum Gasteiger partial charge on any atom is -0.477 e. The normalized spacial score (nSPS) is 11.2. The summed E-state index contributed by atoms with van der Waals surface area (Å²) in [6.45, 7) is 1.66. The van der Waals surface area contributed by atoms with E-state index < -0.39 is 17.6 Å². The van der Waals surface area contributed by atoms with Crippen LogP contribution in [0.1, 0.15) is 34.2 Å². The number of pyridine rings is 1. The molecule has 1 aromatic carbocycles. The van der Waals surface area contributed by atoms with Gasteiger partial charge in [0.15, 0.2) is 0 Å². The van der Waals surface area contributed by atoms with Crippen molar-refractivity contribution in [3.05, 3.63) is 64.6 Å². The fourth-order valence-corrected chi connectivity index (χ4v) is 2.92. The van der Waals surface area contributed by atoms with Crippen molar-refractivity contribution in [2.45, 2.75) is 26.5 Å². The summed E-state index contributed by atoms with van der Waals surface area (Å²) in [6, 6.07) is 4.76. The van der Waals surface area contributed by atoms with Crippen molar-refractivity contribution in [2.75, 3.05) is 0 Å². The van der Waals surface area contributed by atoms with Gasteiger partial charge in [-0.1, -0.05) is 13.0 Å². The predicted octanol–water partition coefficient (Wildman–Crippen LogP) is 3.12. The van der Waals surface area contributed by atoms with Crippen molar-refractivity contribution in [1.82, 2.24) is 9.55 Å². The highest BCUT2D eigenvalue weighted by atomic mass is 19.1. The number of aromatic carboxylic acids is 1. The molecule has 0 amide bonds. The molecule has 3 rings (SSSR count). The first-order chi connectivity index (χ1) is 11.9. The molecule has 2 heterocycles. The highest BCUT2D eigenvalue weighted by Gasteiger charge is 2.18. The number of nitrogens with zero attached hydrogens (tertiary/aromatic N) is 2. The van der Waals surface area contributed by atoms with E-state index in [-0.39, 0.29) is 24.4 Å². The highest BCUT2D eigenvalue weighted by Crippen LogP contribution is 2.27. The molecule has 130 valence electrons. The Morgan fingerprint density at radius 1 is 1.24 bits per heavy atom. The lowest BCUT2D eigenvalue weighted by molar-refractivity contribution is 0.0690. The SMILES string of the molecule is CCc1nc(C(=O)O)cc2c(CO)cn(Cc3ccc(F)cc3F)c12. The van der Waals surface area contributed by atoms with Crippen LogP contribution in [0.4, 0.5) is 8.78 Å². The Morgan fingerprint density at radius 2 is 2.00 bits per heavy atom. The van der Waals surface area contributed by atoms with Crippen LogP contribution in [0.3, 0.4) is 0 Å². The molecule has 0 aliphatic heterocycles. The monoisotopic (exact) mass is 346 g/mol. The smallest absolute Gasteiger partial charge is 0.354 e. The zero-order valence-corrected chi connectivity index (χ0v) is 13.5. The van der Waals surface area contributed by atoms with Crippen LogP contribution in [-0.4, -0.2) is 25.7 Å². The number of halogens is 2. The number of carboxylic acids is 1. The van der Waals surface area contributed by atoms with Crippen LogP contribution in [0.25, 0.3) is 10.9 Å². The first-order valence-electron chi connectivity index (χ1n) is 7.74. The third kappa shape index (κ3) is 3.10. The van der Waals surface area contributed by atoms with Crippen molar-refractivity contribution in [3.63, 3.8) is 0 Å². The van der Waals surface area contributed by atoms with Gasteiger partial charge in [0.2, 0.25) is 0 Å². The first-order valence-corrected chi connectivity index (χ1v) is 7.74. The minimum atomic E-state index is -1.15. The average molecular weight is 346 g/mol. The zero-order chi connectivity index (χ0) is 18.1. The first kappa shape index (κ1) is 17.0. The Balaban J connectivity index is 2.19. The van der Waals surface area contributed by atoms with Crippen LogP contribution in [-0.2, 0) is 19.6 Å². The molecule has 2 aromatic heterocycles. The summed E-state index contributed by atoms with van der Waals surface area (Å²) in [5.41, 5.74) is 1.88. The fraction of sp³-hybridized carbons (Fsp3) is 0.222. The summed E-state index contributed by atoms with van der Waals surface area (Å²) in [7, 11) is 0. The van der Waals surface area contributed by atoms with Gasteiger partial charge in [-0.05, 0) is 18.6 Å². The maximum Gasteiger partial charge on any atom is 0.354 e. The summed E-state index contributed by atoms with van der Waals surface area (Å²) in [4.78, 5) is 15.4. The van der Waals surface area contributed by atoms with Crippen LogP contribution in [0.15, 0.2) is 30.5 Å². The molecule has 0 aliphatic rings. The molecule has 25 heavy (non-hydrogen) atoms. The number of carboxylic acid groups (broad SMARTS) is 1. The Kier molecular flexibility index (Phi) is 4.50. The van der Waals surface area contributed by atoms with Gasteiger partial charge in [0.25, 0.3) is 0 Å². The van der Waals surface area contributed by atoms with E-state index in [9.17, 15) is 23.8 Å².